The van der Waals surface area contributed by atoms with E-state index >= 15 is 0 Å². The zero-order valence-electron chi connectivity index (χ0n) is 13.8. The molecule has 8 heteroatoms. The number of primary amides is 1. The van der Waals surface area contributed by atoms with Crippen LogP contribution in [-0.4, -0.2) is 24.5 Å². The fourth-order valence-electron chi connectivity index (χ4n) is 2.15. The lowest BCUT2D eigenvalue weighted by Crippen LogP contribution is -2.20. The first kappa shape index (κ1) is 18.5. The first-order valence-electron chi connectivity index (χ1n) is 7.40. The number of ether oxygens (including phenoxy) is 2. The number of amides is 1. The summed E-state index contributed by atoms with van der Waals surface area (Å²) >= 11 is 0. The maximum Gasteiger partial charge on any atom is 0.269 e. The molecule has 0 bridgehead atoms. The molecule has 0 fully saturated rings. The lowest BCUT2D eigenvalue weighted by molar-refractivity contribution is -0.384. The van der Waals surface area contributed by atoms with Gasteiger partial charge < -0.3 is 15.2 Å². The van der Waals surface area contributed by atoms with E-state index in [1.165, 1.54) is 31.4 Å². The summed E-state index contributed by atoms with van der Waals surface area (Å²) in [6.45, 7) is -0.280. The molecule has 26 heavy (non-hydrogen) atoms. The van der Waals surface area contributed by atoms with Crippen molar-refractivity contribution >= 4 is 23.2 Å². The van der Waals surface area contributed by atoms with Crippen LogP contribution in [0.15, 0.2) is 42.5 Å². The van der Waals surface area contributed by atoms with Crippen molar-refractivity contribution < 1.29 is 19.2 Å². The topological polar surface area (TPSA) is 128 Å². The van der Waals surface area contributed by atoms with Crippen LogP contribution in [0.25, 0.3) is 11.6 Å². The highest BCUT2D eigenvalue weighted by Gasteiger charge is 2.09. The van der Waals surface area contributed by atoms with E-state index in [2.05, 4.69) is 6.07 Å². The smallest absolute Gasteiger partial charge is 0.269 e. The number of hydrogen-bond acceptors (Lipinski definition) is 6. The van der Waals surface area contributed by atoms with Crippen LogP contribution in [0.3, 0.4) is 0 Å². The summed E-state index contributed by atoms with van der Waals surface area (Å²) < 4.78 is 10.5. The first-order valence-corrected chi connectivity index (χ1v) is 7.40. The van der Waals surface area contributed by atoms with Crippen LogP contribution in [-0.2, 0) is 4.79 Å². The number of nitriles is 1. The lowest BCUT2D eigenvalue weighted by Gasteiger charge is -2.10. The highest BCUT2D eigenvalue weighted by atomic mass is 16.6. The molecule has 2 N–H and O–H groups in total. The second kappa shape index (κ2) is 8.30. The number of carbonyl (C=O) groups excluding carboxylic acids is 1. The Morgan fingerprint density at radius 3 is 2.50 bits per heavy atom. The van der Waals surface area contributed by atoms with Crippen molar-refractivity contribution in [1.29, 1.82) is 5.26 Å². The van der Waals surface area contributed by atoms with Gasteiger partial charge in [-0.1, -0.05) is 6.07 Å². The van der Waals surface area contributed by atoms with Gasteiger partial charge in [-0.2, -0.15) is 5.26 Å². The molecule has 0 radical (unpaired) electrons. The van der Waals surface area contributed by atoms with Gasteiger partial charge in [-0.3, -0.25) is 14.9 Å². The van der Waals surface area contributed by atoms with E-state index in [0.717, 1.165) is 0 Å². The summed E-state index contributed by atoms with van der Waals surface area (Å²) in [6.07, 6.45) is 1.61. The Kier molecular flexibility index (Phi) is 5.90. The number of allylic oxidation sites excluding steroid dienone is 1. The Morgan fingerprint density at radius 2 is 1.96 bits per heavy atom. The number of carbonyl (C=O) groups is 1. The van der Waals surface area contributed by atoms with Crippen LogP contribution in [0.1, 0.15) is 11.1 Å². The summed E-state index contributed by atoms with van der Waals surface area (Å²) in [5, 5.41) is 20.1. The molecule has 0 aromatic heterocycles. The Balaban J connectivity index is 2.32. The second-order valence-corrected chi connectivity index (χ2v) is 5.14. The van der Waals surface area contributed by atoms with Gasteiger partial charge in [0.05, 0.1) is 23.7 Å². The van der Waals surface area contributed by atoms with E-state index < -0.39 is 10.8 Å². The predicted molar refractivity (Wildman–Crippen MR) is 94.3 cm³/mol. The zero-order valence-corrected chi connectivity index (χ0v) is 13.8. The molecule has 8 nitrogen and oxygen atoms in total. The molecule has 1 amide bonds. The number of methoxy groups -OCH3 is 1. The number of nitro groups is 1. The van der Waals surface area contributed by atoms with E-state index in [-0.39, 0.29) is 12.3 Å². The minimum absolute atomic E-state index is 0.0522. The van der Waals surface area contributed by atoms with E-state index in [0.29, 0.717) is 28.2 Å². The minimum Gasteiger partial charge on any atom is -0.493 e. The molecule has 0 saturated heterocycles. The molecule has 0 heterocycles. The summed E-state index contributed by atoms with van der Waals surface area (Å²) in [7, 11) is 1.45. The standard InChI is InChI=1S/C18H15N3O5/c1-25-17-9-12(2-7-16(17)26-11-18(20)22)8-14(10-19)13-3-5-15(6-4-13)21(23)24/h2-9H,11H2,1H3,(H2,20,22)/b14-8-. The quantitative estimate of drug-likeness (QED) is 0.352. The average Bonchev–Trinajstić information content (AvgIpc) is 2.64. The summed E-state index contributed by atoms with van der Waals surface area (Å²) in [6, 6.07) is 12.7. The normalized spacial score (nSPS) is 10.7. The van der Waals surface area contributed by atoms with Gasteiger partial charge in [-0.25, -0.2) is 0 Å². The maximum absolute atomic E-state index is 10.8. The Bertz CT molecular complexity index is 898. The average molecular weight is 353 g/mol. The van der Waals surface area contributed by atoms with Gasteiger partial charge in [0.25, 0.3) is 11.6 Å². The van der Waals surface area contributed by atoms with Crippen molar-refractivity contribution in [1.82, 2.24) is 0 Å². The Hall–Kier alpha value is -3.86. The van der Waals surface area contributed by atoms with E-state index in [4.69, 9.17) is 15.2 Å². The number of hydrogen-bond donors (Lipinski definition) is 1. The fraction of sp³-hybridized carbons (Fsp3) is 0.111. The summed E-state index contributed by atoms with van der Waals surface area (Å²) in [4.78, 5) is 21.0. The molecule has 0 spiro atoms. The molecule has 2 rings (SSSR count). The maximum atomic E-state index is 10.8. The van der Waals surface area contributed by atoms with Crippen LogP contribution in [0.4, 0.5) is 5.69 Å². The number of non-ortho nitro benzene ring substituents is 1. The van der Waals surface area contributed by atoms with Gasteiger partial charge in [-0.15, -0.1) is 0 Å². The number of rotatable bonds is 7. The molecule has 0 saturated carbocycles. The number of nitrogens with zero attached hydrogens (tertiary/aromatic N) is 2. The van der Waals surface area contributed by atoms with Crippen molar-refractivity contribution in [3.8, 4) is 17.6 Å². The third kappa shape index (κ3) is 4.58. The molecular formula is C18H15N3O5. The van der Waals surface area contributed by atoms with Crippen molar-refractivity contribution in [2.75, 3.05) is 13.7 Å². The van der Waals surface area contributed by atoms with Gasteiger partial charge in [-0.05, 0) is 41.5 Å². The fourth-order valence-corrected chi connectivity index (χ4v) is 2.15. The number of nitro benzene ring substituents is 1. The Labute approximate surface area is 149 Å². The van der Waals surface area contributed by atoms with Crippen molar-refractivity contribution in [3.63, 3.8) is 0 Å². The van der Waals surface area contributed by atoms with Crippen LogP contribution in [0.2, 0.25) is 0 Å². The van der Waals surface area contributed by atoms with E-state index in [1.54, 1.807) is 24.3 Å². The number of benzene rings is 2. The third-order valence-corrected chi connectivity index (χ3v) is 3.38. The van der Waals surface area contributed by atoms with Gasteiger partial charge in [0, 0.05) is 12.1 Å². The van der Waals surface area contributed by atoms with Gasteiger partial charge in [0.15, 0.2) is 18.1 Å². The van der Waals surface area contributed by atoms with Crippen LogP contribution >= 0.6 is 0 Å². The third-order valence-electron chi connectivity index (χ3n) is 3.38. The van der Waals surface area contributed by atoms with E-state index in [9.17, 15) is 20.2 Å². The SMILES string of the molecule is COc1cc(/C=C(/C#N)c2ccc([N+](=O)[O-])cc2)ccc1OCC(N)=O. The Morgan fingerprint density at radius 1 is 1.27 bits per heavy atom. The molecule has 2 aromatic rings. The van der Waals surface area contributed by atoms with Crippen molar-refractivity contribution in [2.24, 2.45) is 5.73 Å². The summed E-state index contributed by atoms with van der Waals surface area (Å²) in [5.41, 5.74) is 6.52. The highest BCUT2D eigenvalue weighted by molar-refractivity contribution is 5.90. The van der Waals surface area contributed by atoms with Crippen molar-refractivity contribution in [3.05, 3.63) is 63.7 Å². The van der Waals surface area contributed by atoms with E-state index in [1.807, 2.05) is 0 Å². The van der Waals surface area contributed by atoms with Crippen LogP contribution in [0, 0.1) is 21.4 Å². The van der Waals surface area contributed by atoms with Gasteiger partial charge in [0.2, 0.25) is 0 Å². The van der Waals surface area contributed by atoms with Crippen molar-refractivity contribution in [2.45, 2.75) is 0 Å². The molecule has 0 unspecified atom stereocenters. The largest absolute Gasteiger partial charge is 0.493 e. The van der Waals surface area contributed by atoms with Gasteiger partial charge >= 0.3 is 0 Å². The minimum atomic E-state index is -0.610. The highest BCUT2D eigenvalue weighted by Crippen LogP contribution is 2.30. The molecule has 0 aliphatic rings. The number of nitrogens with two attached hydrogens (primary N) is 1. The lowest BCUT2D eigenvalue weighted by atomic mass is 10.0. The van der Waals surface area contributed by atoms with Crippen LogP contribution in [0.5, 0.6) is 11.5 Å². The summed E-state index contributed by atoms with van der Waals surface area (Å²) in [5.74, 6) is 0.110. The van der Waals surface area contributed by atoms with Gasteiger partial charge in [0.1, 0.15) is 0 Å². The zero-order chi connectivity index (χ0) is 19.1. The molecule has 132 valence electrons. The first-order chi connectivity index (χ1) is 12.4. The molecule has 0 atom stereocenters. The second-order valence-electron chi connectivity index (χ2n) is 5.14. The molecule has 2 aromatic carbocycles. The molecular weight excluding hydrogens is 338 g/mol. The molecule has 0 aliphatic heterocycles. The van der Waals surface area contributed by atoms with Crippen LogP contribution < -0.4 is 15.2 Å². The monoisotopic (exact) mass is 353 g/mol. The predicted octanol–water partition coefficient (Wildman–Crippen LogP) is 2.53. The molecule has 0 aliphatic carbocycles.